The van der Waals surface area contributed by atoms with Crippen LogP contribution in [0, 0.1) is 0 Å². The van der Waals surface area contributed by atoms with Crippen molar-refractivity contribution in [2.75, 3.05) is 162 Å². The van der Waals surface area contributed by atoms with Crippen LogP contribution in [0.4, 0.5) is 53.5 Å². The van der Waals surface area contributed by atoms with Crippen LogP contribution in [-0.4, -0.2) is 274 Å². The molecular weight excluding hydrogens is 1810 g/mol. The molecule has 5 saturated heterocycles. The quantitative estimate of drug-likeness (QED) is 0.0380. The van der Waals surface area contributed by atoms with Gasteiger partial charge in [-0.05, 0) is 286 Å². The van der Waals surface area contributed by atoms with Crippen LogP contribution in [0.3, 0.4) is 0 Å². The second-order valence-electron chi connectivity index (χ2n) is 49.5. The van der Waals surface area contributed by atoms with Crippen LogP contribution in [0.1, 0.15) is 432 Å². The Morgan fingerprint density at radius 1 is 0.200 bits per heavy atom. The Balaban J connectivity index is 1.31. The third-order valence-electron chi connectivity index (χ3n) is 31.0. The molecule has 0 aliphatic carbocycles. The second kappa shape index (κ2) is 57.8. The molecule has 828 valence electrons. The summed E-state index contributed by atoms with van der Waals surface area (Å²) >= 11 is 0. The molecule has 0 radical (unpaired) electrons. The van der Waals surface area contributed by atoms with Gasteiger partial charge in [0, 0.05) is 171 Å². The molecule has 0 saturated carbocycles. The fraction of sp³-hybridized carbons (Fsp3) is 0.838. The smallest absolute Gasteiger partial charge is 0.232 e. The largest absolute Gasteiger partial charge is 0.341 e. The average Bonchev–Trinajstić information content (AvgIpc) is 0.763. The van der Waals surface area contributed by atoms with Crippen molar-refractivity contribution in [1.82, 2.24) is 70.2 Å². The molecule has 0 N–H and O–H groups in total. The van der Waals surface area contributed by atoms with E-state index in [-0.39, 0.29) is 63.4 Å². The van der Waals surface area contributed by atoms with E-state index in [4.69, 9.17) is 69.0 Å². The maximum absolute atomic E-state index is 6.83. The first-order valence-electron chi connectivity index (χ1n) is 58.1. The van der Waals surface area contributed by atoms with Gasteiger partial charge in [0.05, 0.1) is 33.0 Å². The molecule has 5 fully saturated rings. The first-order valence-corrected chi connectivity index (χ1v) is 58.1. The van der Waals surface area contributed by atoms with Gasteiger partial charge in [-0.25, -0.2) is 0 Å². The molecule has 8 rings (SSSR count). The molecule has 28 nitrogen and oxygen atoms in total. The van der Waals surface area contributed by atoms with E-state index in [1.165, 1.54) is 0 Å². The molecule has 0 unspecified atom stereocenters. The van der Waals surface area contributed by atoms with Crippen molar-refractivity contribution in [2.24, 2.45) is 0 Å². The molecular formula is C117H215N23O5. The van der Waals surface area contributed by atoms with Gasteiger partial charge in [0.25, 0.3) is 0 Å². The van der Waals surface area contributed by atoms with Crippen LogP contribution in [-0.2, 0) is 24.2 Å². The minimum absolute atomic E-state index is 0.00678. The van der Waals surface area contributed by atoms with Gasteiger partial charge >= 0.3 is 0 Å². The van der Waals surface area contributed by atoms with E-state index in [2.05, 4.69) is 303 Å². The molecule has 0 bridgehead atoms. The summed E-state index contributed by atoms with van der Waals surface area (Å²) in [5.74, 6) is 7.04. The zero-order valence-corrected chi connectivity index (χ0v) is 98.3. The summed E-state index contributed by atoms with van der Waals surface area (Å²) < 4.78 is 0. The number of aromatic nitrogens is 9. The standard InChI is InChI=1S/C117H215N23O5/c1-35-49-66-127(67-50-36-2)99-118-100(128(68-51-37-3)69-52-38-4)121-103(120-99)132(95-86-110(19,20)137(142-80-45-11)111(21,22)87-95)75-62-58-60-64-77-134(97-90-114(27,28)139(144-82-47-13)115(29,30)91-97)106-124-105(131(74-57-43-9)94-84-108(15,16)136(141-79-44-10)109(17,18)85-94)125-107(126-106)135(98-92-116(31,32)140(145-83-48-14)117(33,34)93-98)78-65-61-59-63-76-133(96-88-112(23,24)138(143-81-46-12)113(25,26)89-96)104-122-101(129(70-53-39-5)71-54-40-6)119-102(123-104)130(72-55-41-7)73-56-42-8/h44-48,94-98H,10-14,35-43,49-93H2,1-9,15-34H3. The van der Waals surface area contributed by atoms with Gasteiger partial charge in [-0.3, -0.25) is 24.2 Å². The molecule has 0 atom stereocenters. The van der Waals surface area contributed by atoms with Gasteiger partial charge in [-0.15, -0.1) is 32.9 Å². The maximum atomic E-state index is 6.83. The number of anilines is 9. The molecule has 8 heterocycles. The Hall–Kier alpha value is -6.47. The highest BCUT2D eigenvalue weighted by atomic mass is 16.7. The van der Waals surface area contributed by atoms with Crippen LogP contribution in [0.25, 0.3) is 0 Å². The highest BCUT2D eigenvalue weighted by Gasteiger charge is 2.55. The monoisotopic (exact) mass is 2020 g/mol. The fourth-order valence-corrected chi connectivity index (χ4v) is 25.2. The van der Waals surface area contributed by atoms with Crippen molar-refractivity contribution < 1.29 is 24.2 Å². The van der Waals surface area contributed by atoms with E-state index >= 15 is 0 Å². The van der Waals surface area contributed by atoms with Crippen molar-refractivity contribution in [3.05, 3.63) is 63.3 Å². The summed E-state index contributed by atoms with van der Waals surface area (Å²) in [5, 5.41) is 11.3. The van der Waals surface area contributed by atoms with E-state index in [1.807, 2.05) is 30.4 Å². The van der Waals surface area contributed by atoms with Gasteiger partial charge in [0.2, 0.25) is 53.5 Å². The van der Waals surface area contributed by atoms with Crippen LogP contribution in [0.15, 0.2) is 63.3 Å². The van der Waals surface area contributed by atoms with Gasteiger partial charge < -0.3 is 44.1 Å². The number of piperidine rings is 5. The van der Waals surface area contributed by atoms with Crippen LogP contribution < -0.4 is 44.1 Å². The molecule has 145 heavy (non-hydrogen) atoms. The normalized spacial score (nSPS) is 19.7. The Bertz CT molecular complexity index is 3860. The first-order chi connectivity index (χ1) is 68.8. The van der Waals surface area contributed by atoms with Crippen molar-refractivity contribution in [2.45, 2.75) is 518 Å². The molecule has 3 aromatic heterocycles. The summed E-state index contributed by atoms with van der Waals surface area (Å²) in [4.78, 5) is 109. The van der Waals surface area contributed by atoms with E-state index in [1.54, 1.807) is 0 Å². The number of rotatable bonds is 70. The molecule has 5 aliphatic heterocycles. The zero-order valence-electron chi connectivity index (χ0n) is 98.3. The highest BCUT2D eigenvalue weighted by Crippen LogP contribution is 2.49. The van der Waals surface area contributed by atoms with Gasteiger partial charge in [0.1, 0.15) is 0 Å². The van der Waals surface area contributed by atoms with Crippen LogP contribution >= 0.6 is 0 Å². The lowest BCUT2D eigenvalue weighted by molar-refractivity contribution is -0.276. The summed E-state index contributed by atoms with van der Waals surface area (Å²) in [6, 6.07) is 0.278. The summed E-state index contributed by atoms with van der Waals surface area (Å²) in [5.41, 5.74) is -3.66. The number of hydrogen-bond donors (Lipinski definition) is 0. The number of hydroxylamine groups is 10. The average molecular weight is 2020 g/mol. The highest BCUT2D eigenvalue weighted by molar-refractivity contribution is 5.52. The van der Waals surface area contributed by atoms with E-state index in [0.29, 0.717) is 33.0 Å². The summed E-state index contributed by atoms with van der Waals surface area (Å²) in [6.07, 6.45) is 44.6. The van der Waals surface area contributed by atoms with Crippen LogP contribution in [0.5, 0.6) is 0 Å². The Morgan fingerprint density at radius 2 is 0.324 bits per heavy atom. The van der Waals surface area contributed by atoms with E-state index in [0.717, 1.165) is 370 Å². The van der Waals surface area contributed by atoms with Crippen molar-refractivity contribution in [1.29, 1.82) is 0 Å². The van der Waals surface area contributed by atoms with Crippen molar-refractivity contribution >= 4 is 53.5 Å². The van der Waals surface area contributed by atoms with E-state index < -0.39 is 22.2 Å². The van der Waals surface area contributed by atoms with Gasteiger partial charge in [-0.1, -0.05) is 176 Å². The number of nitrogens with zero attached hydrogens (tertiary/aromatic N) is 23. The lowest BCUT2D eigenvalue weighted by Gasteiger charge is -2.56. The fourth-order valence-electron chi connectivity index (χ4n) is 25.2. The first kappa shape index (κ1) is 124. The molecule has 0 spiro atoms. The van der Waals surface area contributed by atoms with Gasteiger partial charge in [0.15, 0.2) is 0 Å². The second-order valence-corrected chi connectivity index (χ2v) is 49.5. The molecule has 5 aliphatic rings. The Morgan fingerprint density at radius 3 is 0.462 bits per heavy atom. The van der Waals surface area contributed by atoms with Crippen molar-refractivity contribution in [3.8, 4) is 0 Å². The predicted octanol–water partition coefficient (Wildman–Crippen LogP) is 25.9. The zero-order chi connectivity index (χ0) is 107. The third-order valence-corrected chi connectivity index (χ3v) is 31.0. The molecule has 3 aromatic rings. The summed E-state index contributed by atoms with van der Waals surface area (Å²) in [6.45, 7) is 102. The maximum Gasteiger partial charge on any atom is 0.232 e. The minimum atomic E-state index is -0.406. The minimum Gasteiger partial charge on any atom is -0.341 e. The van der Waals surface area contributed by atoms with Gasteiger partial charge in [-0.2, -0.15) is 70.2 Å². The Labute approximate surface area is 885 Å². The summed E-state index contributed by atoms with van der Waals surface area (Å²) in [7, 11) is 0. The van der Waals surface area contributed by atoms with Crippen molar-refractivity contribution in [3.63, 3.8) is 0 Å². The lowest BCUT2D eigenvalue weighted by atomic mass is 9.78. The molecule has 0 amide bonds. The van der Waals surface area contributed by atoms with Crippen LogP contribution in [0.2, 0.25) is 0 Å². The molecule has 28 heteroatoms. The SMILES string of the molecule is C=CCON1C(C)(C)CC(N(CCCCCCN(c2nc(N(CCCC)C3CC(C)(C)N(OCC=C)C(C)(C)C3)nc(N(CCCCCCN(c3nc(N(CCCC)CCCC)nc(N(CCCC)CCCC)n3)C3CC(C)(C)N(OCC=C)C(C)(C)C3)C3CC(C)(C)N(OCC=C)C(C)(C)C3)n2)C2CC(C)(C)N(OCC=C)C(C)(C)C2)c2nc(N(CCCC)CCCC)nc(N(CCCC)CCCC)n2)CC1(C)C. The predicted molar refractivity (Wildman–Crippen MR) is 612 cm³/mol. The molecule has 0 aromatic carbocycles. The topological polar surface area (TPSA) is 208 Å². The third kappa shape index (κ3) is 34.8. The Kier molecular flexibility index (Phi) is 49.4. The lowest BCUT2D eigenvalue weighted by Crippen LogP contribution is -2.65. The number of hydrogen-bond acceptors (Lipinski definition) is 28. The number of unbranched alkanes of at least 4 members (excludes halogenated alkanes) is 15. The van der Waals surface area contributed by atoms with E-state index in [9.17, 15) is 0 Å².